The maximum atomic E-state index is 13.4. The Morgan fingerprint density at radius 2 is 1.69 bits per heavy atom. The predicted octanol–water partition coefficient (Wildman–Crippen LogP) is 6.78. The number of methoxy groups -OCH3 is 1. The van der Waals surface area contributed by atoms with Crippen LogP contribution in [0.2, 0.25) is 0 Å². The number of carbonyl (C=O) groups excluding carboxylic acids is 2. The monoisotopic (exact) mass is 526 g/mol. The highest BCUT2D eigenvalue weighted by atomic mass is 19.1. The molecule has 0 unspecified atom stereocenters. The molecular formula is C32H31FN2O4. The first-order chi connectivity index (χ1) is 18.8. The van der Waals surface area contributed by atoms with Crippen molar-refractivity contribution < 1.29 is 23.5 Å². The smallest absolute Gasteiger partial charge is 0.337 e. The van der Waals surface area contributed by atoms with E-state index < -0.39 is 5.97 Å². The Bertz CT molecular complexity index is 1520. The van der Waals surface area contributed by atoms with Gasteiger partial charge in [-0.3, -0.25) is 4.79 Å². The number of piperidine rings is 1. The number of hydrogen-bond acceptors (Lipinski definition) is 4. The van der Waals surface area contributed by atoms with E-state index in [1.54, 1.807) is 29.2 Å². The minimum absolute atomic E-state index is 0.0498. The van der Waals surface area contributed by atoms with E-state index in [9.17, 15) is 14.0 Å². The highest BCUT2D eigenvalue weighted by Gasteiger charge is 2.23. The Hall–Kier alpha value is -4.39. The number of ether oxygens (including phenoxy) is 2. The lowest BCUT2D eigenvalue weighted by molar-refractivity contribution is -0.119. The van der Waals surface area contributed by atoms with Crippen LogP contribution in [0.5, 0.6) is 5.75 Å². The van der Waals surface area contributed by atoms with Crippen LogP contribution in [0, 0.1) is 19.7 Å². The Kier molecular flexibility index (Phi) is 7.50. The van der Waals surface area contributed by atoms with Crippen molar-refractivity contribution in [3.8, 4) is 22.7 Å². The van der Waals surface area contributed by atoms with Crippen molar-refractivity contribution in [2.45, 2.75) is 39.7 Å². The lowest BCUT2D eigenvalue weighted by Gasteiger charge is -2.28. The van der Waals surface area contributed by atoms with Crippen molar-refractivity contribution in [2.75, 3.05) is 18.6 Å². The number of aromatic nitrogens is 1. The molecule has 200 valence electrons. The number of benzene rings is 3. The Labute approximate surface area is 227 Å². The summed E-state index contributed by atoms with van der Waals surface area (Å²) in [5.41, 5.74) is 6.42. The van der Waals surface area contributed by atoms with Crippen molar-refractivity contribution in [2.24, 2.45) is 0 Å². The second kappa shape index (κ2) is 11.2. The Morgan fingerprint density at radius 1 is 0.923 bits per heavy atom. The highest BCUT2D eigenvalue weighted by molar-refractivity contribution is 5.97. The van der Waals surface area contributed by atoms with Crippen molar-refractivity contribution in [1.29, 1.82) is 0 Å². The lowest BCUT2D eigenvalue weighted by Crippen LogP contribution is -2.35. The van der Waals surface area contributed by atoms with Gasteiger partial charge in [0.2, 0.25) is 5.91 Å². The summed E-state index contributed by atoms with van der Waals surface area (Å²) in [6.45, 7) is 4.91. The second-order valence-electron chi connectivity index (χ2n) is 9.84. The molecule has 0 aliphatic carbocycles. The molecule has 5 rings (SSSR count). The average molecular weight is 527 g/mol. The zero-order valence-corrected chi connectivity index (χ0v) is 22.4. The van der Waals surface area contributed by atoms with Gasteiger partial charge in [0.25, 0.3) is 0 Å². The molecule has 1 aliphatic heterocycles. The number of esters is 1. The van der Waals surface area contributed by atoms with E-state index in [4.69, 9.17) is 9.47 Å². The fraction of sp³-hybridized carbons (Fsp3) is 0.250. The second-order valence-corrected chi connectivity index (χ2v) is 9.84. The van der Waals surface area contributed by atoms with Crippen LogP contribution in [0.15, 0.2) is 72.8 Å². The van der Waals surface area contributed by atoms with Crippen LogP contribution in [0.25, 0.3) is 16.9 Å². The summed E-state index contributed by atoms with van der Waals surface area (Å²) in [6, 6.07) is 21.7. The van der Waals surface area contributed by atoms with Gasteiger partial charge < -0.3 is 18.9 Å². The zero-order chi connectivity index (χ0) is 27.5. The van der Waals surface area contributed by atoms with Crippen LogP contribution < -0.4 is 9.64 Å². The molecule has 1 aliphatic rings. The molecule has 6 nitrogen and oxygen atoms in total. The molecule has 2 heterocycles. The average Bonchev–Trinajstić information content (AvgIpc) is 3.33. The zero-order valence-electron chi connectivity index (χ0n) is 22.4. The van der Waals surface area contributed by atoms with Crippen molar-refractivity contribution in [3.63, 3.8) is 0 Å². The molecule has 0 N–H and O–H groups in total. The molecule has 0 radical (unpaired) electrons. The van der Waals surface area contributed by atoms with E-state index in [-0.39, 0.29) is 18.3 Å². The molecule has 7 heteroatoms. The van der Waals surface area contributed by atoms with Crippen LogP contribution in [-0.2, 0) is 16.1 Å². The fourth-order valence-corrected chi connectivity index (χ4v) is 5.00. The summed E-state index contributed by atoms with van der Waals surface area (Å²) in [4.78, 5) is 27.2. The SMILES string of the molecule is COC(=O)c1cc(N2CCCCC2=O)cc(-n2c(C)ccc2-c2cc(C)ccc2OCc2ccc(F)cc2)c1. The van der Waals surface area contributed by atoms with E-state index in [1.807, 2.05) is 44.2 Å². The molecule has 0 spiro atoms. The lowest BCUT2D eigenvalue weighted by atomic mass is 10.1. The number of hydrogen-bond donors (Lipinski definition) is 0. The summed E-state index contributed by atoms with van der Waals surface area (Å²) in [5, 5.41) is 0. The molecule has 39 heavy (non-hydrogen) atoms. The van der Waals surface area contributed by atoms with Gasteiger partial charge in [-0.05, 0) is 86.8 Å². The van der Waals surface area contributed by atoms with E-state index in [2.05, 4.69) is 10.6 Å². The minimum atomic E-state index is -0.465. The van der Waals surface area contributed by atoms with Gasteiger partial charge in [0.05, 0.1) is 18.4 Å². The van der Waals surface area contributed by atoms with Crippen molar-refractivity contribution >= 4 is 17.6 Å². The first-order valence-corrected chi connectivity index (χ1v) is 13.0. The molecule has 0 bridgehead atoms. The fourth-order valence-electron chi connectivity index (χ4n) is 5.00. The van der Waals surface area contributed by atoms with Crippen LogP contribution in [-0.4, -0.2) is 30.1 Å². The van der Waals surface area contributed by atoms with Gasteiger partial charge in [-0.2, -0.15) is 0 Å². The predicted molar refractivity (Wildman–Crippen MR) is 149 cm³/mol. The van der Waals surface area contributed by atoms with Crippen LogP contribution in [0.3, 0.4) is 0 Å². The molecule has 1 saturated heterocycles. The molecule has 4 aromatic rings. The summed E-state index contributed by atoms with van der Waals surface area (Å²) in [5.74, 6) is -0.0238. The minimum Gasteiger partial charge on any atom is -0.488 e. The van der Waals surface area contributed by atoms with E-state index in [0.29, 0.717) is 30.0 Å². The number of aryl methyl sites for hydroxylation is 2. The van der Waals surface area contributed by atoms with Crippen LogP contribution >= 0.6 is 0 Å². The first-order valence-electron chi connectivity index (χ1n) is 13.0. The molecule has 1 fully saturated rings. The van der Waals surface area contributed by atoms with Gasteiger partial charge in [0.1, 0.15) is 18.2 Å². The van der Waals surface area contributed by atoms with E-state index in [1.165, 1.54) is 19.2 Å². The Balaban J connectivity index is 1.59. The molecule has 0 atom stereocenters. The normalized spacial score (nSPS) is 13.4. The van der Waals surface area contributed by atoms with E-state index in [0.717, 1.165) is 46.6 Å². The molecule has 1 aromatic heterocycles. The number of anilines is 1. The number of amides is 1. The number of halogens is 1. The summed E-state index contributed by atoms with van der Waals surface area (Å²) < 4.78 is 26.7. The molecule has 0 saturated carbocycles. The van der Waals surface area contributed by atoms with Gasteiger partial charge >= 0.3 is 5.97 Å². The van der Waals surface area contributed by atoms with Crippen LogP contribution in [0.1, 0.15) is 46.4 Å². The van der Waals surface area contributed by atoms with Gasteiger partial charge in [0.15, 0.2) is 0 Å². The quantitative estimate of drug-likeness (QED) is 0.249. The molecule has 1 amide bonds. The Morgan fingerprint density at radius 3 is 2.44 bits per heavy atom. The maximum absolute atomic E-state index is 13.4. The van der Waals surface area contributed by atoms with Crippen molar-refractivity contribution in [3.05, 3.63) is 101 Å². The van der Waals surface area contributed by atoms with Gasteiger partial charge in [-0.15, -0.1) is 0 Å². The summed E-state index contributed by atoms with van der Waals surface area (Å²) in [7, 11) is 1.35. The third-order valence-electron chi connectivity index (χ3n) is 7.01. The first kappa shape index (κ1) is 26.2. The van der Waals surface area contributed by atoms with Gasteiger partial charge in [-0.1, -0.05) is 23.8 Å². The molecule has 3 aromatic carbocycles. The third kappa shape index (κ3) is 5.58. The number of carbonyl (C=O) groups is 2. The summed E-state index contributed by atoms with van der Waals surface area (Å²) in [6.07, 6.45) is 2.27. The largest absolute Gasteiger partial charge is 0.488 e. The standard InChI is InChI=1S/C32H31FN2O4/c1-21-7-14-30(39-20-23-9-11-25(33)12-10-23)28(16-21)29-13-8-22(2)35(29)27-18-24(32(37)38-3)17-26(19-27)34-15-5-4-6-31(34)36/h7-14,16-19H,4-6,15,20H2,1-3H3. The number of rotatable bonds is 7. The molecular weight excluding hydrogens is 495 g/mol. The van der Waals surface area contributed by atoms with Crippen LogP contribution in [0.4, 0.5) is 10.1 Å². The van der Waals surface area contributed by atoms with Gasteiger partial charge in [-0.25, -0.2) is 9.18 Å². The summed E-state index contributed by atoms with van der Waals surface area (Å²) >= 11 is 0. The highest BCUT2D eigenvalue weighted by Crippen LogP contribution is 2.36. The third-order valence-corrected chi connectivity index (χ3v) is 7.01. The van der Waals surface area contributed by atoms with Gasteiger partial charge in [0, 0.05) is 35.6 Å². The maximum Gasteiger partial charge on any atom is 0.337 e. The topological polar surface area (TPSA) is 60.8 Å². The van der Waals surface area contributed by atoms with E-state index >= 15 is 0 Å². The number of nitrogens with zero attached hydrogens (tertiary/aromatic N) is 2. The van der Waals surface area contributed by atoms with Crippen molar-refractivity contribution in [1.82, 2.24) is 4.57 Å².